The first kappa shape index (κ1) is 15.4. The van der Waals surface area contributed by atoms with E-state index in [9.17, 15) is 9.90 Å². The highest BCUT2D eigenvalue weighted by atomic mass is 16.6. The number of benzene rings is 1. The summed E-state index contributed by atoms with van der Waals surface area (Å²) >= 11 is 0. The Morgan fingerprint density at radius 3 is 2.86 bits per heavy atom. The van der Waals surface area contributed by atoms with E-state index in [0.29, 0.717) is 19.0 Å². The van der Waals surface area contributed by atoms with Gasteiger partial charge in [-0.3, -0.25) is 0 Å². The number of carbonyl (C=O) groups excluding carboxylic acids is 1. The molecule has 21 heavy (non-hydrogen) atoms. The van der Waals surface area contributed by atoms with Gasteiger partial charge in [0.1, 0.15) is 17.6 Å². The summed E-state index contributed by atoms with van der Waals surface area (Å²) in [4.78, 5) is 11.4. The largest absolute Gasteiger partial charge is 0.508 e. The number of nitrogens with one attached hydrogen (secondary N) is 1. The maximum atomic E-state index is 11.4. The summed E-state index contributed by atoms with van der Waals surface area (Å²) in [6, 6.07) is 4.90. The fourth-order valence-electron chi connectivity index (χ4n) is 1.78. The van der Waals surface area contributed by atoms with Crippen molar-refractivity contribution in [2.45, 2.75) is 31.9 Å². The summed E-state index contributed by atoms with van der Waals surface area (Å²) in [5.41, 5.74) is 0.754. The SMILES string of the molecule is COCCCOc1cc(O)cc(CNC(=O)OC2CC2)c1. The lowest BCUT2D eigenvalue weighted by atomic mass is 10.2. The average molecular weight is 295 g/mol. The number of carbonyl (C=O) groups is 1. The third-order valence-electron chi connectivity index (χ3n) is 2.95. The molecule has 1 aliphatic carbocycles. The van der Waals surface area contributed by atoms with Gasteiger partial charge < -0.3 is 24.6 Å². The summed E-state index contributed by atoms with van der Waals surface area (Å²) in [6.45, 7) is 1.42. The molecule has 1 fully saturated rings. The fraction of sp³-hybridized carbons (Fsp3) is 0.533. The number of ether oxygens (including phenoxy) is 3. The molecule has 2 rings (SSSR count). The number of hydrogen-bond acceptors (Lipinski definition) is 5. The number of phenols is 1. The van der Waals surface area contributed by atoms with Gasteiger partial charge in [0, 0.05) is 32.7 Å². The van der Waals surface area contributed by atoms with Crippen molar-refractivity contribution in [2.24, 2.45) is 0 Å². The number of aromatic hydroxyl groups is 1. The Bertz CT molecular complexity index is 473. The topological polar surface area (TPSA) is 77.0 Å². The molecule has 0 unspecified atom stereocenters. The highest BCUT2D eigenvalue weighted by molar-refractivity contribution is 5.67. The van der Waals surface area contributed by atoms with Gasteiger partial charge in [-0.15, -0.1) is 0 Å². The zero-order valence-electron chi connectivity index (χ0n) is 12.1. The van der Waals surface area contributed by atoms with Crippen LogP contribution < -0.4 is 10.1 Å². The number of hydrogen-bond donors (Lipinski definition) is 2. The molecule has 1 aromatic rings. The first-order valence-electron chi connectivity index (χ1n) is 7.06. The van der Waals surface area contributed by atoms with Crippen LogP contribution in [0.25, 0.3) is 0 Å². The van der Waals surface area contributed by atoms with E-state index in [1.807, 2.05) is 0 Å². The van der Waals surface area contributed by atoms with Crippen LogP contribution in [-0.2, 0) is 16.0 Å². The Labute approximate surface area is 124 Å². The lowest BCUT2D eigenvalue weighted by molar-refractivity contribution is 0.138. The molecule has 1 amide bonds. The van der Waals surface area contributed by atoms with Gasteiger partial charge in [-0.2, -0.15) is 0 Å². The highest BCUT2D eigenvalue weighted by Crippen LogP contribution is 2.24. The van der Waals surface area contributed by atoms with Crippen LogP contribution in [0.2, 0.25) is 0 Å². The molecule has 6 nitrogen and oxygen atoms in total. The van der Waals surface area contributed by atoms with Gasteiger partial charge in [-0.05, 0) is 30.5 Å². The van der Waals surface area contributed by atoms with Crippen molar-refractivity contribution in [3.63, 3.8) is 0 Å². The molecular weight excluding hydrogens is 274 g/mol. The number of methoxy groups -OCH3 is 1. The van der Waals surface area contributed by atoms with Gasteiger partial charge in [0.05, 0.1) is 6.61 Å². The van der Waals surface area contributed by atoms with Crippen LogP contribution >= 0.6 is 0 Å². The predicted molar refractivity (Wildman–Crippen MR) is 76.4 cm³/mol. The Kier molecular flexibility index (Phi) is 5.68. The zero-order chi connectivity index (χ0) is 15.1. The highest BCUT2D eigenvalue weighted by Gasteiger charge is 2.25. The van der Waals surface area contributed by atoms with Gasteiger partial charge in [0.15, 0.2) is 0 Å². The lowest BCUT2D eigenvalue weighted by Crippen LogP contribution is -2.24. The van der Waals surface area contributed by atoms with Crippen LogP contribution in [0.15, 0.2) is 18.2 Å². The molecule has 116 valence electrons. The monoisotopic (exact) mass is 295 g/mol. The first-order chi connectivity index (χ1) is 10.2. The van der Waals surface area contributed by atoms with Crippen LogP contribution in [-0.4, -0.2) is 37.6 Å². The minimum atomic E-state index is -0.427. The smallest absolute Gasteiger partial charge is 0.407 e. The first-order valence-corrected chi connectivity index (χ1v) is 7.06. The van der Waals surface area contributed by atoms with E-state index in [1.165, 1.54) is 0 Å². The summed E-state index contributed by atoms with van der Waals surface area (Å²) in [5.74, 6) is 0.671. The third kappa shape index (κ3) is 5.91. The molecular formula is C15H21NO5. The van der Waals surface area contributed by atoms with Crippen LogP contribution in [0.3, 0.4) is 0 Å². The maximum Gasteiger partial charge on any atom is 0.407 e. The molecule has 0 atom stereocenters. The van der Waals surface area contributed by atoms with Crippen molar-refractivity contribution in [3.8, 4) is 11.5 Å². The summed E-state index contributed by atoms with van der Waals surface area (Å²) in [6.07, 6.45) is 2.31. The van der Waals surface area contributed by atoms with Crippen LogP contribution in [0.4, 0.5) is 4.79 Å². The second kappa shape index (κ2) is 7.73. The number of rotatable bonds is 8. The predicted octanol–water partition coefficient (Wildman–Crippen LogP) is 2.20. The van der Waals surface area contributed by atoms with Crippen LogP contribution in [0.1, 0.15) is 24.8 Å². The Morgan fingerprint density at radius 1 is 1.33 bits per heavy atom. The number of amides is 1. The van der Waals surface area contributed by atoms with E-state index in [4.69, 9.17) is 14.2 Å². The fourth-order valence-corrected chi connectivity index (χ4v) is 1.78. The van der Waals surface area contributed by atoms with Gasteiger partial charge >= 0.3 is 6.09 Å². The molecule has 0 spiro atoms. The van der Waals surface area contributed by atoms with Crippen LogP contribution in [0, 0.1) is 0 Å². The molecule has 1 aromatic carbocycles. The van der Waals surface area contributed by atoms with E-state index in [0.717, 1.165) is 24.8 Å². The van der Waals surface area contributed by atoms with E-state index in [1.54, 1.807) is 25.3 Å². The molecule has 6 heteroatoms. The van der Waals surface area contributed by atoms with E-state index >= 15 is 0 Å². The van der Waals surface area contributed by atoms with Gasteiger partial charge in [-0.1, -0.05) is 0 Å². The second-order valence-electron chi connectivity index (χ2n) is 4.99. The maximum absolute atomic E-state index is 11.4. The van der Waals surface area contributed by atoms with Gasteiger partial charge in [0.2, 0.25) is 0 Å². The van der Waals surface area contributed by atoms with Gasteiger partial charge in [-0.25, -0.2) is 4.79 Å². The normalized spacial score (nSPS) is 13.8. The summed E-state index contributed by atoms with van der Waals surface area (Å²) in [7, 11) is 1.64. The van der Waals surface area contributed by atoms with Crippen molar-refractivity contribution in [1.82, 2.24) is 5.32 Å². The molecule has 0 aliphatic heterocycles. The molecule has 1 saturated carbocycles. The molecule has 0 aromatic heterocycles. The number of phenolic OH excluding ortho intramolecular Hbond substituents is 1. The Hall–Kier alpha value is -1.95. The van der Waals surface area contributed by atoms with E-state index in [-0.39, 0.29) is 18.4 Å². The minimum absolute atomic E-state index is 0.0776. The van der Waals surface area contributed by atoms with Crippen LogP contribution in [0.5, 0.6) is 11.5 Å². The minimum Gasteiger partial charge on any atom is -0.508 e. The average Bonchev–Trinajstić information content (AvgIpc) is 3.25. The second-order valence-corrected chi connectivity index (χ2v) is 4.99. The zero-order valence-corrected chi connectivity index (χ0v) is 12.1. The van der Waals surface area contributed by atoms with Crippen molar-refractivity contribution in [2.75, 3.05) is 20.3 Å². The molecule has 0 saturated heterocycles. The molecule has 0 heterocycles. The standard InChI is InChI=1S/C15H21NO5/c1-19-5-2-6-20-14-8-11(7-12(17)9-14)10-16-15(18)21-13-3-4-13/h7-9,13,17H,2-6,10H2,1H3,(H,16,18). The van der Waals surface area contributed by atoms with Crippen molar-refractivity contribution in [3.05, 3.63) is 23.8 Å². The van der Waals surface area contributed by atoms with Crippen molar-refractivity contribution >= 4 is 6.09 Å². The van der Waals surface area contributed by atoms with E-state index < -0.39 is 6.09 Å². The molecule has 1 aliphatic rings. The van der Waals surface area contributed by atoms with E-state index in [2.05, 4.69) is 5.32 Å². The lowest BCUT2D eigenvalue weighted by Gasteiger charge is -2.10. The number of alkyl carbamates (subject to hydrolysis) is 1. The summed E-state index contributed by atoms with van der Waals surface area (Å²) < 4.78 is 15.5. The van der Waals surface area contributed by atoms with Crippen molar-refractivity contribution < 1.29 is 24.1 Å². The Balaban J connectivity index is 1.80. The Morgan fingerprint density at radius 2 is 2.14 bits per heavy atom. The third-order valence-corrected chi connectivity index (χ3v) is 2.95. The summed E-state index contributed by atoms with van der Waals surface area (Å²) in [5, 5.41) is 12.3. The van der Waals surface area contributed by atoms with Gasteiger partial charge in [0.25, 0.3) is 0 Å². The molecule has 0 bridgehead atoms. The molecule has 0 radical (unpaired) electrons. The molecule has 2 N–H and O–H groups in total. The van der Waals surface area contributed by atoms with Crippen molar-refractivity contribution in [1.29, 1.82) is 0 Å². The quantitative estimate of drug-likeness (QED) is 0.719.